The Morgan fingerprint density at radius 2 is 2.27 bits per heavy atom. The number of hydrogen-bond acceptors (Lipinski definition) is 3. The summed E-state index contributed by atoms with van der Waals surface area (Å²) >= 11 is 0. The molecule has 1 fully saturated rings. The lowest BCUT2D eigenvalue weighted by Crippen LogP contribution is -2.31. The molecule has 1 heterocycles. The van der Waals surface area contributed by atoms with Crippen LogP contribution in [0, 0.1) is 5.92 Å². The van der Waals surface area contributed by atoms with Crippen LogP contribution in [0.25, 0.3) is 0 Å². The van der Waals surface area contributed by atoms with Crippen LogP contribution >= 0.6 is 0 Å². The van der Waals surface area contributed by atoms with E-state index in [4.69, 9.17) is 5.11 Å². The number of carbonyl (C=O) groups excluding carboxylic acids is 1. The van der Waals surface area contributed by atoms with E-state index < -0.39 is 0 Å². The predicted molar refractivity (Wildman–Crippen MR) is 59.6 cm³/mol. The zero-order valence-electron chi connectivity index (χ0n) is 9.78. The van der Waals surface area contributed by atoms with Crippen molar-refractivity contribution < 1.29 is 9.90 Å². The second-order valence-electron chi connectivity index (χ2n) is 4.56. The summed E-state index contributed by atoms with van der Waals surface area (Å²) in [4.78, 5) is 15.7. The standard InChI is InChI=1S/C11H22N2O2/c1-12(2)6-4-11(15)13-7-3-10(9-13)5-8-14/h10,14H,3-9H2,1-2H3. The van der Waals surface area contributed by atoms with Gasteiger partial charge in [-0.15, -0.1) is 0 Å². The molecule has 15 heavy (non-hydrogen) atoms. The molecule has 1 amide bonds. The third-order valence-electron chi connectivity index (χ3n) is 2.95. The van der Waals surface area contributed by atoms with E-state index in [0.29, 0.717) is 12.3 Å². The maximum Gasteiger partial charge on any atom is 0.223 e. The SMILES string of the molecule is CN(C)CCC(=O)N1CCC(CCO)C1. The third kappa shape index (κ3) is 4.18. The van der Waals surface area contributed by atoms with Crippen LogP contribution in [0.5, 0.6) is 0 Å². The van der Waals surface area contributed by atoms with E-state index in [1.807, 2.05) is 23.9 Å². The quantitative estimate of drug-likeness (QED) is 0.709. The van der Waals surface area contributed by atoms with Crippen molar-refractivity contribution in [1.29, 1.82) is 0 Å². The fourth-order valence-corrected chi connectivity index (χ4v) is 1.95. The van der Waals surface area contributed by atoms with Gasteiger partial charge in [0.2, 0.25) is 5.91 Å². The van der Waals surface area contributed by atoms with E-state index >= 15 is 0 Å². The van der Waals surface area contributed by atoms with Gasteiger partial charge >= 0.3 is 0 Å². The highest BCUT2D eigenvalue weighted by atomic mass is 16.3. The fraction of sp³-hybridized carbons (Fsp3) is 0.909. The van der Waals surface area contributed by atoms with Crippen LogP contribution in [0.1, 0.15) is 19.3 Å². The molecule has 0 aliphatic carbocycles. The van der Waals surface area contributed by atoms with Gasteiger partial charge in [-0.25, -0.2) is 0 Å². The first-order valence-electron chi connectivity index (χ1n) is 5.67. The largest absolute Gasteiger partial charge is 0.396 e. The van der Waals surface area contributed by atoms with Crippen molar-refractivity contribution >= 4 is 5.91 Å². The van der Waals surface area contributed by atoms with Crippen LogP contribution in [-0.4, -0.2) is 61.2 Å². The molecule has 0 radical (unpaired) electrons. The zero-order chi connectivity index (χ0) is 11.3. The van der Waals surface area contributed by atoms with Crippen molar-refractivity contribution in [2.75, 3.05) is 40.3 Å². The second kappa shape index (κ2) is 6.08. The van der Waals surface area contributed by atoms with Gasteiger partial charge in [0.25, 0.3) is 0 Å². The molecule has 1 aliphatic rings. The number of nitrogens with zero attached hydrogens (tertiary/aromatic N) is 2. The normalized spacial score (nSPS) is 21.3. The topological polar surface area (TPSA) is 43.8 Å². The van der Waals surface area contributed by atoms with Crippen LogP contribution < -0.4 is 0 Å². The van der Waals surface area contributed by atoms with Gasteiger partial charge < -0.3 is 14.9 Å². The Balaban J connectivity index is 2.24. The predicted octanol–water partition coefficient (Wildman–Crippen LogP) is 0.169. The minimum atomic E-state index is 0.240. The maximum absolute atomic E-state index is 11.7. The van der Waals surface area contributed by atoms with Crippen LogP contribution in [0.3, 0.4) is 0 Å². The Bertz CT molecular complexity index is 207. The van der Waals surface area contributed by atoms with Gasteiger partial charge in [-0.05, 0) is 32.9 Å². The van der Waals surface area contributed by atoms with E-state index in [0.717, 1.165) is 32.5 Å². The summed E-state index contributed by atoms with van der Waals surface area (Å²) in [6.45, 7) is 2.77. The summed E-state index contributed by atoms with van der Waals surface area (Å²) in [6, 6.07) is 0. The lowest BCUT2D eigenvalue weighted by Gasteiger charge is -2.17. The number of aliphatic hydroxyl groups excluding tert-OH is 1. The molecule has 0 aromatic heterocycles. The van der Waals surface area contributed by atoms with E-state index in [1.54, 1.807) is 0 Å². The van der Waals surface area contributed by atoms with Gasteiger partial charge in [0.1, 0.15) is 0 Å². The van der Waals surface area contributed by atoms with Gasteiger partial charge in [-0.1, -0.05) is 0 Å². The van der Waals surface area contributed by atoms with Crippen molar-refractivity contribution in [3.63, 3.8) is 0 Å². The molecule has 1 saturated heterocycles. The molecular formula is C11H22N2O2. The lowest BCUT2D eigenvalue weighted by atomic mass is 10.1. The summed E-state index contributed by atoms with van der Waals surface area (Å²) in [5.74, 6) is 0.766. The summed E-state index contributed by atoms with van der Waals surface area (Å²) in [7, 11) is 3.96. The van der Waals surface area contributed by atoms with Gasteiger partial charge in [0.05, 0.1) is 0 Å². The molecule has 1 N–H and O–H groups in total. The number of rotatable bonds is 5. The summed E-state index contributed by atoms with van der Waals surface area (Å²) in [6.07, 6.45) is 2.49. The molecule has 0 aromatic rings. The molecule has 1 rings (SSSR count). The Kier molecular flexibility index (Phi) is 5.05. The van der Waals surface area contributed by atoms with Gasteiger partial charge in [-0.3, -0.25) is 4.79 Å². The second-order valence-corrected chi connectivity index (χ2v) is 4.56. The van der Waals surface area contributed by atoms with Crippen LogP contribution in [0.15, 0.2) is 0 Å². The maximum atomic E-state index is 11.7. The first-order valence-corrected chi connectivity index (χ1v) is 5.67. The highest BCUT2D eigenvalue weighted by Gasteiger charge is 2.25. The Morgan fingerprint density at radius 3 is 2.87 bits per heavy atom. The van der Waals surface area contributed by atoms with E-state index in [-0.39, 0.29) is 12.5 Å². The first-order chi connectivity index (χ1) is 7.13. The summed E-state index contributed by atoms with van der Waals surface area (Å²) in [5.41, 5.74) is 0. The molecule has 88 valence electrons. The highest BCUT2D eigenvalue weighted by molar-refractivity contribution is 5.76. The average Bonchev–Trinajstić information content (AvgIpc) is 2.63. The number of hydrogen-bond donors (Lipinski definition) is 1. The zero-order valence-corrected chi connectivity index (χ0v) is 9.78. The molecule has 4 nitrogen and oxygen atoms in total. The molecule has 0 spiro atoms. The number of aliphatic hydroxyl groups is 1. The molecular weight excluding hydrogens is 192 g/mol. The molecule has 4 heteroatoms. The van der Waals surface area contributed by atoms with E-state index in [9.17, 15) is 4.79 Å². The lowest BCUT2D eigenvalue weighted by molar-refractivity contribution is -0.130. The molecule has 0 aromatic carbocycles. The van der Waals surface area contributed by atoms with E-state index in [2.05, 4.69) is 0 Å². The molecule has 0 bridgehead atoms. The molecule has 1 aliphatic heterocycles. The molecule has 0 saturated carbocycles. The van der Waals surface area contributed by atoms with Crippen LogP contribution in [0.4, 0.5) is 0 Å². The first kappa shape index (κ1) is 12.5. The van der Waals surface area contributed by atoms with Crippen LogP contribution in [0.2, 0.25) is 0 Å². The van der Waals surface area contributed by atoms with Crippen molar-refractivity contribution in [2.45, 2.75) is 19.3 Å². The average molecular weight is 214 g/mol. The van der Waals surface area contributed by atoms with E-state index in [1.165, 1.54) is 0 Å². The van der Waals surface area contributed by atoms with Gasteiger partial charge in [0.15, 0.2) is 0 Å². The smallest absolute Gasteiger partial charge is 0.223 e. The monoisotopic (exact) mass is 214 g/mol. The van der Waals surface area contributed by atoms with Crippen molar-refractivity contribution in [3.8, 4) is 0 Å². The van der Waals surface area contributed by atoms with Crippen LogP contribution in [-0.2, 0) is 4.79 Å². The van der Waals surface area contributed by atoms with Crippen molar-refractivity contribution in [3.05, 3.63) is 0 Å². The minimum absolute atomic E-state index is 0.240. The summed E-state index contributed by atoms with van der Waals surface area (Å²) in [5, 5.41) is 8.82. The fourth-order valence-electron chi connectivity index (χ4n) is 1.95. The van der Waals surface area contributed by atoms with Crippen molar-refractivity contribution in [1.82, 2.24) is 9.80 Å². The third-order valence-corrected chi connectivity index (χ3v) is 2.95. The Labute approximate surface area is 91.9 Å². The number of amides is 1. The van der Waals surface area contributed by atoms with Crippen molar-refractivity contribution in [2.24, 2.45) is 5.92 Å². The highest BCUT2D eigenvalue weighted by Crippen LogP contribution is 2.19. The van der Waals surface area contributed by atoms with Gasteiger partial charge in [0, 0.05) is 32.7 Å². The van der Waals surface area contributed by atoms with Gasteiger partial charge in [-0.2, -0.15) is 0 Å². The molecule has 1 unspecified atom stereocenters. The number of likely N-dealkylation sites (tertiary alicyclic amines) is 1. The summed E-state index contributed by atoms with van der Waals surface area (Å²) < 4.78 is 0. The molecule has 1 atom stereocenters. The number of carbonyl (C=O) groups is 1. The Hall–Kier alpha value is -0.610. The Morgan fingerprint density at radius 1 is 1.53 bits per heavy atom. The minimum Gasteiger partial charge on any atom is -0.396 e.